The highest BCUT2D eigenvalue weighted by Crippen LogP contribution is 2.17. The first kappa shape index (κ1) is 10.5. The van der Waals surface area contributed by atoms with E-state index in [4.69, 9.17) is 9.26 Å². The van der Waals surface area contributed by atoms with Crippen molar-refractivity contribution in [3.63, 3.8) is 0 Å². The summed E-state index contributed by atoms with van der Waals surface area (Å²) in [5.41, 5.74) is 1.32. The lowest BCUT2D eigenvalue weighted by molar-refractivity contribution is 0.385. The number of aromatic nitrogens is 2. The standard InChI is InChI=1S/C11H12N2O3/c1-7-6-10(16-12-7)13-5-4-9(14)11(15-3)8(13)2/h4-6H,1-3H3. The number of rotatable bonds is 2. The number of aryl methyl sites for hydroxylation is 1. The Labute approximate surface area is 92.3 Å². The van der Waals surface area contributed by atoms with Crippen LogP contribution in [0.5, 0.6) is 5.75 Å². The maximum atomic E-state index is 11.5. The summed E-state index contributed by atoms with van der Waals surface area (Å²) < 4.78 is 11.9. The van der Waals surface area contributed by atoms with E-state index < -0.39 is 0 Å². The molecule has 5 nitrogen and oxygen atoms in total. The Kier molecular flexibility index (Phi) is 2.52. The Morgan fingerprint density at radius 3 is 2.75 bits per heavy atom. The number of nitrogens with zero attached hydrogens (tertiary/aromatic N) is 2. The van der Waals surface area contributed by atoms with Crippen LogP contribution in [0.3, 0.4) is 0 Å². The van der Waals surface area contributed by atoms with Gasteiger partial charge in [0, 0.05) is 18.3 Å². The third-order valence-corrected chi connectivity index (χ3v) is 2.35. The van der Waals surface area contributed by atoms with Gasteiger partial charge in [0.15, 0.2) is 5.75 Å². The first-order valence-electron chi connectivity index (χ1n) is 4.83. The van der Waals surface area contributed by atoms with Crippen molar-refractivity contribution >= 4 is 0 Å². The number of hydrogen-bond donors (Lipinski definition) is 0. The molecule has 0 aliphatic rings. The van der Waals surface area contributed by atoms with Gasteiger partial charge in [-0.05, 0) is 13.8 Å². The second kappa shape index (κ2) is 3.84. The van der Waals surface area contributed by atoms with Crippen LogP contribution in [-0.2, 0) is 0 Å². The summed E-state index contributed by atoms with van der Waals surface area (Å²) in [6.45, 7) is 3.63. The van der Waals surface area contributed by atoms with Gasteiger partial charge < -0.3 is 9.26 Å². The van der Waals surface area contributed by atoms with Crippen molar-refractivity contribution in [2.45, 2.75) is 13.8 Å². The molecule has 2 rings (SSSR count). The molecule has 0 radical (unpaired) electrons. The molecule has 0 aliphatic carbocycles. The Morgan fingerprint density at radius 1 is 1.44 bits per heavy atom. The van der Waals surface area contributed by atoms with Crippen molar-refractivity contribution < 1.29 is 9.26 Å². The first-order valence-corrected chi connectivity index (χ1v) is 4.83. The molecule has 0 bridgehead atoms. The Bertz CT molecular complexity index is 569. The minimum atomic E-state index is -0.146. The second-order valence-electron chi connectivity index (χ2n) is 3.48. The Hall–Kier alpha value is -2.04. The molecule has 0 aliphatic heterocycles. The quantitative estimate of drug-likeness (QED) is 0.768. The van der Waals surface area contributed by atoms with Gasteiger partial charge in [0.1, 0.15) is 0 Å². The van der Waals surface area contributed by atoms with Gasteiger partial charge in [-0.25, -0.2) is 0 Å². The minimum Gasteiger partial charge on any atom is -0.491 e. The van der Waals surface area contributed by atoms with Crippen molar-refractivity contribution in [1.29, 1.82) is 0 Å². The van der Waals surface area contributed by atoms with Gasteiger partial charge in [-0.15, -0.1) is 0 Å². The fourth-order valence-corrected chi connectivity index (χ4v) is 1.57. The van der Waals surface area contributed by atoms with Crippen molar-refractivity contribution in [1.82, 2.24) is 9.72 Å². The van der Waals surface area contributed by atoms with Crippen LogP contribution in [0.15, 0.2) is 27.6 Å². The van der Waals surface area contributed by atoms with E-state index in [0.717, 1.165) is 5.69 Å². The normalized spacial score (nSPS) is 10.4. The molecule has 0 saturated carbocycles. The SMILES string of the molecule is COc1c(C)n(-c2cc(C)no2)ccc1=O. The van der Waals surface area contributed by atoms with Gasteiger partial charge in [-0.2, -0.15) is 0 Å². The fraction of sp³-hybridized carbons (Fsp3) is 0.273. The molecule has 0 amide bonds. The van der Waals surface area contributed by atoms with Crippen LogP contribution in [0.2, 0.25) is 0 Å². The lowest BCUT2D eigenvalue weighted by Gasteiger charge is -2.09. The molecule has 0 N–H and O–H groups in total. The summed E-state index contributed by atoms with van der Waals surface area (Å²) >= 11 is 0. The summed E-state index contributed by atoms with van der Waals surface area (Å²) in [6, 6.07) is 3.22. The maximum Gasteiger partial charge on any atom is 0.235 e. The highest BCUT2D eigenvalue weighted by molar-refractivity contribution is 5.33. The summed E-state index contributed by atoms with van der Waals surface area (Å²) in [6.07, 6.45) is 1.64. The van der Waals surface area contributed by atoms with E-state index >= 15 is 0 Å². The zero-order valence-corrected chi connectivity index (χ0v) is 9.35. The van der Waals surface area contributed by atoms with Gasteiger partial charge >= 0.3 is 0 Å². The highest BCUT2D eigenvalue weighted by atomic mass is 16.5. The molecule has 16 heavy (non-hydrogen) atoms. The Balaban J connectivity index is 2.63. The number of methoxy groups -OCH3 is 1. The van der Waals surface area contributed by atoms with Crippen molar-refractivity contribution in [3.05, 3.63) is 39.9 Å². The largest absolute Gasteiger partial charge is 0.491 e. The monoisotopic (exact) mass is 220 g/mol. The van der Waals surface area contributed by atoms with E-state index in [1.807, 2.05) is 6.92 Å². The molecule has 2 aromatic rings. The molecule has 0 atom stereocenters. The highest BCUT2D eigenvalue weighted by Gasteiger charge is 2.11. The lowest BCUT2D eigenvalue weighted by Crippen LogP contribution is -2.11. The third-order valence-electron chi connectivity index (χ3n) is 2.35. The molecule has 0 unspecified atom stereocenters. The van der Waals surface area contributed by atoms with Crippen LogP contribution in [-0.4, -0.2) is 16.8 Å². The van der Waals surface area contributed by atoms with Crippen LogP contribution in [0, 0.1) is 13.8 Å². The summed E-state index contributed by atoms with van der Waals surface area (Å²) in [4.78, 5) is 11.5. The molecular formula is C11H12N2O3. The van der Waals surface area contributed by atoms with Gasteiger partial charge in [-0.1, -0.05) is 5.16 Å². The predicted octanol–water partition coefficient (Wildman–Crippen LogP) is 1.45. The van der Waals surface area contributed by atoms with Gasteiger partial charge in [0.25, 0.3) is 0 Å². The number of ether oxygens (including phenoxy) is 1. The summed E-state index contributed by atoms with van der Waals surface area (Å²) in [5, 5.41) is 3.80. The maximum absolute atomic E-state index is 11.5. The lowest BCUT2D eigenvalue weighted by atomic mass is 10.3. The molecule has 5 heteroatoms. The van der Waals surface area contributed by atoms with Gasteiger partial charge in [0.2, 0.25) is 11.3 Å². The van der Waals surface area contributed by atoms with Crippen LogP contribution >= 0.6 is 0 Å². The Morgan fingerprint density at radius 2 is 2.19 bits per heavy atom. The average molecular weight is 220 g/mol. The van der Waals surface area contributed by atoms with E-state index in [-0.39, 0.29) is 5.43 Å². The average Bonchev–Trinajstić information content (AvgIpc) is 2.65. The van der Waals surface area contributed by atoms with Crippen LogP contribution in [0.1, 0.15) is 11.4 Å². The predicted molar refractivity (Wildman–Crippen MR) is 58.1 cm³/mol. The molecule has 0 spiro atoms. The molecular weight excluding hydrogens is 208 g/mol. The smallest absolute Gasteiger partial charge is 0.235 e. The molecule has 0 aromatic carbocycles. The molecule has 2 aromatic heterocycles. The van der Waals surface area contributed by atoms with Crippen molar-refractivity contribution in [3.8, 4) is 11.6 Å². The molecule has 2 heterocycles. The van der Waals surface area contributed by atoms with Crippen molar-refractivity contribution in [2.24, 2.45) is 0 Å². The molecule has 84 valence electrons. The number of pyridine rings is 1. The van der Waals surface area contributed by atoms with E-state index in [1.165, 1.54) is 13.2 Å². The second-order valence-corrected chi connectivity index (χ2v) is 3.48. The van der Waals surface area contributed by atoms with Gasteiger partial charge in [-0.3, -0.25) is 9.36 Å². The molecule has 0 fully saturated rings. The van der Waals surface area contributed by atoms with Gasteiger partial charge in [0.05, 0.1) is 18.5 Å². The summed E-state index contributed by atoms with van der Waals surface area (Å²) in [5.74, 6) is 0.879. The minimum absolute atomic E-state index is 0.146. The van der Waals surface area contributed by atoms with E-state index in [1.54, 1.807) is 23.8 Å². The number of hydrogen-bond acceptors (Lipinski definition) is 4. The summed E-state index contributed by atoms with van der Waals surface area (Å²) in [7, 11) is 1.47. The van der Waals surface area contributed by atoms with E-state index in [9.17, 15) is 4.79 Å². The van der Waals surface area contributed by atoms with Crippen LogP contribution < -0.4 is 10.2 Å². The zero-order chi connectivity index (χ0) is 11.7. The third kappa shape index (κ3) is 1.60. The van der Waals surface area contributed by atoms with Crippen LogP contribution in [0.25, 0.3) is 5.88 Å². The van der Waals surface area contributed by atoms with E-state index in [0.29, 0.717) is 17.3 Å². The molecule has 0 saturated heterocycles. The first-order chi connectivity index (χ1) is 7.63. The fourth-order valence-electron chi connectivity index (χ4n) is 1.57. The zero-order valence-electron chi connectivity index (χ0n) is 9.35. The topological polar surface area (TPSA) is 57.3 Å². The van der Waals surface area contributed by atoms with Crippen molar-refractivity contribution in [2.75, 3.05) is 7.11 Å². The van der Waals surface area contributed by atoms with Crippen LogP contribution in [0.4, 0.5) is 0 Å². The van der Waals surface area contributed by atoms with E-state index in [2.05, 4.69) is 5.16 Å².